The van der Waals surface area contributed by atoms with Gasteiger partial charge in [-0.2, -0.15) is 0 Å². The monoisotopic (exact) mass is 398 g/mol. The number of halogens is 1. The molecule has 0 atom stereocenters. The lowest BCUT2D eigenvalue weighted by Gasteiger charge is -2.31. The Balaban J connectivity index is 1.53. The van der Waals surface area contributed by atoms with Gasteiger partial charge in [-0.05, 0) is 48.1 Å². The summed E-state index contributed by atoms with van der Waals surface area (Å²) in [4.78, 5) is 38.9. The highest BCUT2D eigenvalue weighted by Crippen LogP contribution is 2.34. The average Bonchev–Trinajstić information content (AvgIpc) is 2.94. The van der Waals surface area contributed by atoms with Crippen molar-refractivity contribution in [3.8, 4) is 0 Å². The number of rotatable bonds is 3. The third kappa shape index (κ3) is 3.24. The third-order valence-electron chi connectivity index (χ3n) is 5.48. The standard InChI is InChI=1S/C21H19ClN2O4/c22-18-6-5-13(11-17(18)14-7-9-23(10-8-14)21(27)28)12-24-19(25)15-3-1-2-4-16(15)20(24)26/h1-6,11,14H,7-10,12H2,(H,27,28). The Bertz CT molecular complexity index is 932. The van der Waals surface area contributed by atoms with Gasteiger partial charge < -0.3 is 10.0 Å². The lowest BCUT2D eigenvalue weighted by atomic mass is 9.88. The zero-order valence-electron chi connectivity index (χ0n) is 15.1. The first-order valence-electron chi connectivity index (χ1n) is 9.17. The van der Waals surface area contributed by atoms with Crippen LogP contribution in [-0.4, -0.2) is 45.9 Å². The van der Waals surface area contributed by atoms with Crippen LogP contribution in [0, 0.1) is 0 Å². The molecule has 0 radical (unpaired) electrons. The number of carboxylic acid groups (broad SMARTS) is 1. The van der Waals surface area contributed by atoms with E-state index in [4.69, 9.17) is 16.7 Å². The molecule has 1 N–H and O–H groups in total. The summed E-state index contributed by atoms with van der Waals surface area (Å²) in [7, 11) is 0. The molecule has 2 aliphatic heterocycles. The van der Waals surface area contributed by atoms with Crippen LogP contribution in [0.3, 0.4) is 0 Å². The first kappa shape index (κ1) is 18.5. The van der Waals surface area contributed by atoms with Gasteiger partial charge in [0.1, 0.15) is 0 Å². The van der Waals surface area contributed by atoms with E-state index in [-0.39, 0.29) is 24.3 Å². The minimum atomic E-state index is -0.899. The van der Waals surface area contributed by atoms with Crippen LogP contribution in [0.25, 0.3) is 0 Å². The molecular weight excluding hydrogens is 380 g/mol. The Morgan fingerprint density at radius 3 is 2.21 bits per heavy atom. The predicted octanol–water partition coefficient (Wildman–Crippen LogP) is 3.99. The van der Waals surface area contributed by atoms with E-state index < -0.39 is 6.09 Å². The second-order valence-electron chi connectivity index (χ2n) is 7.14. The van der Waals surface area contributed by atoms with Gasteiger partial charge >= 0.3 is 6.09 Å². The molecule has 2 heterocycles. The van der Waals surface area contributed by atoms with Gasteiger partial charge in [0.25, 0.3) is 11.8 Å². The minimum absolute atomic E-state index is 0.158. The number of hydrogen-bond acceptors (Lipinski definition) is 3. The molecule has 1 saturated heterocycles. The van der Waals surface area contributed by atoms with E-state index in [0.717, 1.165) is 11.1 Å². The summed E-state index contributed by atoms with van der Waals surface area (Å²) in [5.41, 5.74) is 2.64. The van der Waals surface area contributed by atoms with Crippen LogP contribution in [0.2, 0.25) is 5.02 Å². The summed E-state index contributed by atoms with van der Waals surface area (Å²) < 4.78 is 0. The molecule has 3 amide bonds. The molecule has 1 fully saturated rings. The van der Waals surface area contributed by atoms with Gasteiger partial charge in [-0.1, -0.05) is 35.9 Å². The summed E-state index contributed by atoms with van der Waals surface area (Å²) in [6.07, 6.45) is 0.495. The smallest absolute Gasteiger partial charge is 0.407 e. The Morgan fingerprint density at radius 1 is 1.04 bits per heavy atom. The van der Waals surface area contributed by atoms with E-state index in [1.54, 1.807) is 30.3 Å². The van der Waals surface area contributed by atoms with E-state index >= 15 is 0 Å². The summed E-state index contributed by atoms with van der Waals surface area (Å²) in [5.74, 6) is -0.413. The van der Waals surface area contributed by atoms with Crippen LogP contribution in [0.5, 0.6) is 0 Å². The van der Waals surface area contributed by atoms with E-state index in [9.17, 15) is 14.4 Å². The largest absolute Gasteiger partial charge is 0.465 e. The first-order valence-corrected chi connectivity index (χ1v) is 9.55. The lowest BCUT2D eigenvalue weighted by Crippen LogP contribution is -2.36. The highest BCUT2D eigenvalue weighted by Gasteiger charge is 2.35. The van der Waals surface area contributed by atoms with Gasteiger partial charge in [0.15, 0.2) is 0 Å². The molecule has 2 aliphatic rings. The van der Waals surface area contributed by atoms with Crippen LogP contribution in [0.15, 0.2) is 42.5 Å². The number of likely N-dealkylation sites (tertiary alicyclic amines) is 1. The van der Waals surface area contributed by atoms with Crippen molar-refractivity contribution in [1.29, 1.82) is 0 Å². The van der Waals surface area contributed by atoms with Crippen LogP contribution in [0.4, 0.5) is 4.79 Å². The molecule has 2 aromatic rings. The summed E-state index contributed by atoms with van der Waals surface area (Å²) in [5, 5.41) is 9.73. The summed E-state index contributed by atoms with van der Waals surface area (Å²) in [6, 6.07) is 12.4. The fourth-order valence-corrected chi connectivity index (χ4v) is 4.22. The Hall–Kier alpha value is -2.86. The number of nitrogens with zero attached hydrogens (tertiary/aromatic N) is 2. The number of hydrogen-bond donors (Lipinski definition) is 1. The van der Waals surface area contributed by atoms with E-state index in [2.05, 4.69) is 0 Å². The molecule has 144 valence electrons. The third-order valence-corrected chi connectivity index (χ3v) is 5.83. The van der Waals surface area contributed by atoms with Crippen LogP contribution in [-0.2, 0) is 6.54 Å². The maximum absolute atomic E-state index is 12.6. The Morgan fingerprint density at radius 2 is 1.64 bits per heavy atom. The fourth-order valence-electron chi connectivity index (χ4n) is 3.95. The number of amides is 3. The summed E-state index contributed by atoms with van der Waals surface area (Å²) in [6.45, 7) is 1.13. The minimum Gasteiger partial charge on any atom is -0.465 e. The van der Waals surface area contributed by atoms with E-state index in [0.29, 0.717) is 42.1 Å². The van der Waals surface area contributed by atoms with Crippen molar-refractivity contribution >= 4 is 29.5 Å². The number of imide groups is 1. The number of carbonyl (C=O) groups excluding carboxylic acids is 2. The predicted molar refractivity (Wildman–Crippen MR) is 104 cm³/mol. The Labute approximate surface area is 167 Å². The van der Waals surface area contributed by atoms with Crippen molar-refractivity contribution in [3.05, 3.63) is 69.7 Å². The molecule has 0 spiro atoms. The molecule has 7 heteroatoms. The second kappa shape index (κ2) is 7.28. The first-order chi connectivity index (χ1) is 13.5. The Kier molecular flexibility index (Phi) is 4.81. The fraction of sp³-hybridized carbons (Fsp3) is 0.286. The molecule has 0 unspecified atom stereocenters. The highest BCUT2D eigenvalue weighted by molar-refractivity contribution is 6.31. The van der Waals surface area contributed by atoms with E-state index in [1.165, 1.54) is 9.80 Å². The van der Waals surface area contributed by atoms with E-state index in [1.807, 2.05) is 12.1 Å². The zero-order chi connectivity index (χ0) is 19.8. The van der Waals surface area contributed by atoms with Crippen molar-refractivity contribution in [2.24, 2.45) is 0 Å². The molecule has 0 bridgehead atoms. The van der Waals surface area contributed by atoms with Crippen LogP contribution >= 0.6 is 11.6 Å². The van der Waals surface area contributed by atoms with Crippen molar-refractivity contribution in [3.63, 3.8) is 0 Å². The number of fused-ring (bicyclic) bond motifs is 1. The maximum atomic E-state index is 12.6. The van der Waals surface area contributed by atoms with Crippen LogP contribution < -0.4 is 0 Å². The van der Waals surface area contributed by atoms with Crippen molar-refractivity contribution in [1.82, 2.24) is 9.80 Å². The molecule has 0 aliphatic carbocycles. The molecule has 0 aromatic heterocycles. The molecule has 28 heavy (non-hydrogen) atoms. The topological polar surface area (TPSA) is 77.9 Å². The number of piperidine rings is 1. The van der Waals surface area contributed by atoms with Crippen molar-refractivity contribution in [2.75, 3.05) is 13.1 Å². The molecule has 6 nitrogen and oxygen atoms in total. The molecule has 0 saturated carbocycles. The average molecular weight is 399 g/mol. The van der Waals surface area contributed by atoms with Crippen molar-refractivity contribution in [2.45, 2.75) is 25.3 Å². The van der Waals surface area contributed by atoms with Gasteiger partial charge in [-0.25, -0.2) is 4.79 Å². The molecule has 4 rings (SSSR count). The van der Waals surface area contributed by atoms with Gasteiger partial charge in [-0.15, -0.1) is 0 Å². The van der Waals surface area contributed by atoms with Gasteiger partial charge in [0.05, 0.1) is 17.7 Å². The maximum Gasteiger partial charge on any atom is 0.407 e. The molecule has 2 aromatic carbocycles. The zero-order valence-corrected chi connectivity index (χ0v) is 15.9. The number of benzene rings is 2. The van der Waals surface area contributed by atoms with Crippen LogP contribution in [0.1, 0.15) is 50.6 Å². The second-order valence-corrected chi connectivity index (χ2v) is 7.55. The van der Waals surface area contributed by atoms with Gasteiger partial charge in [-0.3, -0.25) is 14.5 Å². The lowest BCUT2D eigenvalue weighted by molar-refractivity contribution is 0.0642. The highest BCUT2D eigenvalue weighted by atomic mass is 35.5. The van der Waals surface area contributed by atoms with Gasteiger partial charge in [0, 0.05) is 18.1 Å². The van der Waals surface area contributed by atoms with Gasteiger partial charge in [0.2, 0.25) is 0 Å². The molecular formula is C21H19ClN2O4. The normalized spacial score (nSPS) is 17.2. The summed E-state index contributed by atoms with van der Waals surface area (Å²) >= 11 is 6.40. The van der Waals surface area contributed by atoms with Crippen molar-refractivity contribution < 1.29 is 19.5 Å². The SMILES string of the molecule is O=C(O)N1CCC(c2cc(CN3C(=O)c4ccccc4C3=O)ccc2Cl)CC1. The quantitative estimate of drug-likeness (QED) is 0.793. The number of carbonyl (C=O) groups is 3.